The number of furan rings is 1. The number of hydrogen-bond donors (Lipinski definition) is 1. The fourth-order valence-electron chi connectivity index (χ4n) is 2.95. The highest BCUT2D eigenvalue weighted by atomic mass is 79.9. The summed E-state index contributed by atoms with van der Waals surface area (Å²) in [5.41, 5.74) is 2.42. The summed E-state index contributed by atoms with van der Waals surface area (Å²) in [6.45, 7) is 4.51. The van der Waals surface area contributed by atoms with Crippen LogP contribution in [0.3, 0.4) is 0 Å². The van der Waals surface area contributed by atoms with Gasteiger partial charge in [-0.1, -0.05) is 17.7 Å². The molecule has 0 radical (unpaired) electrons. The SMILES string of the molecule is Cc1nn(Cc2ccc(C(=O)Nc3cnn(COc4cccc(Cl)c4)c3)o2)c(C)c1Br. The van der Waals surface area contributed by atoms with Gasteiger partial charge in [0.05, 0.1) is 40.5 Å². The first-order valence-corrected chi connectivity index (χ1v) is 10.6. The summed E-state index contributed by atoms with van der Waals surface area (Å²) in [6.07, 6.45) is 3.20. The van der Waals surface area contributed by atoms with E-state index in [1.807, 2.05) is 18.5 Å². The highest BCUT2D eigenvalue weighted by Gasteiger charge is 2.15. The van der Waals surface area contributed by atoms with Gasteiger partial charge in [-0.25, -0.2) is 4.68 Å². The zero-order valence-corrected chi connectivity index (χ0v) is 19.1. The maximum Gasteiger partial charge on any atom is 0.291 e. The Balaban J connectivity index is 1.35. The Morgan fingerprint density at radius 1 is 1.29 bits per heavy atom. The number of aromatic nitrogens is 4. The molecule has 4 rings (SSSR count). The number of rotatable bonds is 7. The number of hydrogen-bond acceptors (Lipinski definition) is 5. The largest absolute Gasteiger partial charge is 0.471 e. The third-order valence-corrected chi connectivity index (χ3v) is 5.92. The molecule has 0 saturated heterocycles. The third-order valence-electron chi connectivity index (χ3n) is 4.53. The van der Waals surface area contributed by atoms with Crippen LogP contribution >= 0.6 is 27.5 Å². The summed E-state index contributed by atoms with van der Waals surface area (Å²) in [4.78, 5) is 12.5. The second kappa shape index (κ2) is 8.99. The average Bonchev–Trinajstić information content (AvgIpc) is 3.45. The van der Waals surface area contributed by atoms with E-state index in [0.717, 1.165) is 15.9 Å². The molecular weight excluding hydrogens is 486 g/mol. The van der Waals surface area contributed by atoms with Gasteiger partial charge in [-0.05, 0) is 60.1 Å². The van der Waals surface area contributed by atoms with Crippen LogP contribution in [-0.2, 0) is 13.3 Å². The van der Waals surface area contributed by atoms with Gasteiger partial charge in [0.25, 0.3) is 5.91 Å². The Morgan fingerprint density at radius 2 is 2.13 bits per heavy atom. The van der Waals surface area contributed by atoms with E-state index in [0.29, 0.717) is 28.8 Å². The lowest BCUT2D eigenvalue weighted by atomic mass is 10.3. The number of anilines is 1. The van der Waals surface area contributed by atoms with Crippen molar-refractivity contribution in [2.24, 2.45) is 0 Å². The molecular formula is C21H19BrClN5O3. The van der Waals surface area contributed by atoms with Crippen molar-refractivity contribution in [3.05, 3.63) is 81.2 Å². The number of aryl methyl sites for hydroxylation is 1. The highest BCUT2D eigenvalue weighted by molar-refractivity contribution is 9.10. The molecule has 0 atom stereocenters. The van der Waals surface area contributed by atoms with E-state index in [1.165, 1.54) is 6.20 Å². The summed E-state index contributed by atoms with van der Waals surface area (Å²) < 4.78 is 15.7. The van der Waals surface area contributed by atoms with Crippen molar-refractivity contribution >= 4 is 39.1 Å². The van der Waals surface area contributed by atoms with Gasteiger partial charge in [0.1, 0.15) is 11.5 Å². The van der Waals surface area contributed by atoms with Gasteiger partial charge in [0.15, 0.2) is 12.5 Å². The van der Waals surface area contributed by atoms with Gasteiger partial charge < -0.3 is 14.5 Å². The van der Waals surface area contributed by atoms with Crippen LogP contribution in [0.25, 0.3) is 0 Å². The van der Waals surface area contributed by atoms with E-state index < -0.39 is 0 Å². The Kier molecular flexibility index (Phi) is 6.15. The molecule has 3 heterocycles. The number of benzene rings is 1. The standard InChI is InChI=1S/C21H19BrClN5O3/c1-13-20(22)14(2)28(26-13)11-18-6-7-19(31-18)21(29)25-16-9-24-27(10-16)12-30-17-5-3-4-15(23)8-17/h3-10H,11-12H2,1-2H3,(H,25,29). The molecule has 0 bridgehead atoms. The van der Waals surface area contributed by atoms with Crippen molar-refractivity contribution in [1.29, 1.82) is 0 Å². The second-order valence-electron chi connectivity index (χ2n) is 6.86. The number of nitrogens with one attached hydrogen (secondary N) is 1. The minimum Gasteiger partial charge on any atom is -0.471 e. The molecule has 0 fully saturated rings. The summed E-state index contributed by atoms with van der Waals surface area (Å²) in [5.74, 6) is 1.11. The predicted octanol–water partition coefficient (Wildman–Crippen LogP) is 5.04. The number of amides is 1. The quantitative estimate of drug-likeness (QED) is 0.381. The van der Waals surface area contributed by atoms with Crippen LogP contribution in [0.2, 0.25) is 5.02 Å². The second-order valence-corrected chi connectivity index (χ2v) is 8.09. The van der Waals surface area contributed by atoms with E-state index in [4.69, 9.17) is 20.8 Å². The van der Waals surface area contributed by atoms with Crippen molar-refractivity contribution in [2.75, 3.05) is 5.32 Å². The molecule has 31 heavy (non-hydrogen) atoms. The van der Waals surface area contributed by atoms with Crippen LogP contribution in [-0.4, -0.2) is 25.5 Å². The predicted molar refractivity (Wildman–Crippen MR) is 119 cm³/mol. The maximum atomic E-state index is 12.5. The number of halogens is 2. The lowest BCUT2D eigenvalue weighted by Gasteiger charge is -2.06. The molecule has 8 nitrogen and oxygen atoms in total. The van der Waals surface area contributed by atoms with Crippen LogP contribution in [0.15, 0.2) is 57.7 Å². The molecule has 0 saturated carbocycles. The van der Waals surface area contributed by atoms with Gasteiger partial charge in [0, 0.05) is 5.02 Å². The molecule has 3 aromatic heterocycles. The summed E-state index contributed by atoms with van der Waals surface area (Å²) >= 11 is 9.45. The van der Waals surface area contributed by atoms with Gasteiger partial charge in [-0.15, -0.1) is 0 Å². The fourth-order valence-corrected chi connectivity index (χ4v) is 3.41. The lowest BCUT2D eigenvalue weighted by molar-refractivity contribution is 0.0994. The van der Waals surface area contributed by atoms with Gasteiger partial charge in [0.2, 0.25) is 0 Å². The van der Waals surface area contributed by atoms with E-state index in [-0.39, 0.29) is 18.4 Å². The van der Waals surface area contributed by atoms with E-state index >= 15 is 0 Å². The number of carbonyl (C=O) groups excluding carboxylic acids is 1. The zero-order valence-electron chi connectivity index (χ0n) is 16.8. The topological polar surface area (TPSA) is 87.1 Å². The van der Waals surface area contributed by atoms with Crippen molar-refractivity contribution in [2.45, 2.75) is 27.1 Å². The normalized spacial score (nSPS) is 11.0. The van der Waals surface area contributed by atoms with Gasteiger partial charge in [-0.3, -0.25) is 9.48 Å². The Bertz CT molecular complexity index is 1230. The fraction of sp³-hybridized carbons (Fsp3) is 0.190. The van der Waals surface area contributed by atoms with Crippen molar-refractivity contribution in [3.8, 4) is 5.75 Å². The highest BCUT2D eigenvalue weighted by Crippen LogP contribution is 2.21. The molecule has 10 heteroatoms. The molecule has 4 aromatic rings. The Labute approximate surface area is 191 Å². The van der Waals surface area contributed by atoms with Gasteiger partial charge >= 0.3 is 0 Å². The Hall–Kier alpha value is -3.04. The summed E-state index contributed by atoms with van der Waals surface area (Å²) in [5, 5.41) is 12.0. The van der Waals surface area contributed by atoms with Crippen molar-refractivity contribution in [1.82, 2.24) is 19.6 Å². The molecule has 0 spiro atoms. The average molecular weight is 505 g/mol. The monoisotopic (exact) mass is 503 g/mol. The minimum absolute atomic E-state index is 0.180. The minimum atomic E-state index is -0.365. The van der Waals surface area contributed by atoms with Crippen molar-refractivity contribution < 1.29 is 13.9 Å². The number of carbonyl (C=O) groups is 1. The van der Waals surface area contributed by atoms with Crippen molar-refractivity contribution in [3.63, 3.8) is 0 Å². The van der Waals surface area contributed by atoms with Crippen LogP contribution < -0.4 is 10.1 Å². The molecule has 1 aromatic carbocycles. The lowest BCUT2D eigenvalue weighted by Crippen LogP contribution is -2.10. The first-order chi connectivity index (χ1) is 14.9. The summed E-state index contributed by atoms with van der Waals surface area (Å²) in [6, 6.07) is 10.5. The van der Waals surface area contributed by atoms with Gasteiger partial charge in [-0.2, -0.15) is 10.2 Å². The Morgan fingerprint density at radius 3 is 2.87 bits per heavy atom. The van der Waals surface area contributed by atoms with Crippen LogP contribution in [0, 0.1) is 13.8 Å². The third kappa shape index (κ3) is 5.00. The molecule has 0 aliphatic heterocycles. The van der Waals surface area contributed by atoms with E-state index in [9.17, 15) is 4.79 Å². The molecule has 0 aliphatic rings. The molecule has 0 unspecified atom stereocenters. The summed E-state index contributed by atoms with van der Waals surface area (Å²) in [7, 11) is 0. The molecule has 1 amide bonds. The first-order valence-electron chi connectivity index (χ1n) is 9.39. The number of nitrogens with zero attached hydrogens (tertiary/aromatic N) is 4. The smallest absolute Gasteiger partial charge is 0.291 e. The molecule has 0 aliphatic carbocycles. The molecule has 160 valence electrons. The first kappa shape index (κ1) is 21.2. The van der Waals surface area contributed by atoms with Crippen LogP contribution in [0.5, 0.6) is 5.75 Å². The number of ether oxygens (including phenoxy) is 1. The van der Waals surface area contributed by atoms with E-state index in [1.54, 1.807) is 47.3 Å². The zero-order chi connectivity index (χ0) is 22.0. The van der Waals surface area contributed by atoms with E-state index in [2.05, 4.69) is 31.4 Å². The maximum absolute atomic E-state index is 12.5. The molecule has 1 N–H and O–H groups in total. The van der Waals surface area contributed by atoms with Crippen LogP contribution in [0.1, 0.15) is 27.7 Å². The van der Waals surface area contributed by atoms with Crippen LogP contribution in [0.4, 0.5) is 5.69 Å².